The Morgan fingerprint density at radius 3 is 1.24 bits per heavy atom. The molecule has 10 aromatic carbocycles. The van der Waals surface area contributed by atoms with Gasteiger partial charge in [-0.05, 0) is 103 Å². The van der Waals surface area contributed by atoms with Crippen molar-refractivity contribution in [2.45, 2.75) is 5.41 Å². The molecule has 0 N–H and O–H groups in total. The van der Waals surface area contributed by atoms with Gasteiger partial charge in [0.05, 0.1) is 16.8 Å². The number of hydrogen-bond acceptors (Lipinski definition) is 4. The molecule has 318 valence electrons. The largest absolute Gasteiger partial charge is 0.310 e. The molecule has 0 bridgehead atoms. The molecule has 68 heavy (non-hydrogen) atoms. The normalized spacial score (nSPS) is 12.8. The van der Waals surface area contributed by atoms with Crippen molar-refractivity contribution in [1.82, 2.24) is 15.0 Å². The zero-order valence-electron chi connectivity index (χ0n) is 37.0. The molecule has 13 rings (SSSR count). The fourth-order valence-corrected chi connectivity index (χ4v) is 10.6. The van der Waals surface area contributed by atoms with Gasteiger partial charge in [-0.1, -0.05) is 218 Å². The van der Waals surface area contributed by atoms with Gasteiger partial charge in [0.15, 0.2) is 17.5 Å². The first-order chi connectivity index (χ1) is 33.7. The average Bonchev–Trinajstić information content (AvgIpc) is 3.72. The fourth-order valence-electron chi connectivity index (χ4n) is 10.6. The van der Waals surface area contributed by atoms with Crippen LogP contribution >= 0.6 is 0 Å². The van der Waals surface area contributed by atoms with Crippen molar-refractivity contribution in [1.29, 1.82) is 0 Å². The number of anilines is 3. The molecule has 2 aliphatic rings. The van der Waals surface area contributed by atoms with Crippen molar-refractivity contribution in [2.75, 3.05) is 4.90 Å². The predicted molar refractivity (Wildman–Crippen MR) is 278 cm³/mol. The maximum Gasteiger partial charge on any atom is 0.164 e. The fraction of sp³-hybridized carbons (Fsp3) is 0.0156. The Labute approximate surface area is 396 Å². The lowest BCUT2D eigenvalue weighted by molar-refractivity contribution is 0.753. The Morgan fingerprint density at radius 2 is 0.632 bits per heavy atom. The summed E-state index contributed by atoms with van der Waals surface area (Å²) in [5, 5.41) is 0. The molecule has 0 unspecified atom stereocenters. The molecule has 4 heteroatoms. The van der Waals surface area contributed by atoms with Crippen LogP contribution in [0.5, 0.6) is 0 Å². The van der Waals surface area contributed by atoms with Crippen molar-refractivity contribution >= 4 is 17.1 Å². The van der Waals surface area contributed by atoms with Crippen molar-refractivity contribution in [3.63, 3.8) is 0 Å². The van der Waals surface area contributed by atoms with Crippen molar-refractivity contribution in [2.24, 2.45) is 0 Å². The first-order valence-corrected chi connectivity index (χ1v) is 23.2. The maximum absolute atomic E-state index is 5.20. The minimum Gasteiger partial charge on any atom is -0.310 e. The van der Waals surface area contributed by atoms with Crippen LogP contribution in [0.3, 0.4) is 0 Å². The van der Waals surface area contributed by atoms with E-state index in [1.807, 2.05) is 24.3 Å². The second-order valence-corrected chi connectivity index (χ2v) is 17.5. The second-order valence-electron chi connectivity index (χ2n) is 17.5. The molecule has 1 aliphatic carbocycles. The van der Waals surface area contributed by atoms with Crippen LogP contribution in [0.1, 0.15) is 22.3 Å². The van der Waals surface area contributed by atoms with Gasteiger partial charge in [0.25, 0.3) is 0 Å². The van der Waals surface area contributed by atoms with Crippen molar-refractivity contribution in [3.8, 4) is 78.7 Å². The Morgan fingerprint density at radius 1 is 0.250 bits per heavy atom. The van der Waals surface area contributed by atoms with E-state index >= 15 is 0 Å². The van der Waals surface area contributed by atoms with E-state index in [1.165, 1.54) is 50.2 Å². The summed E-state index contributed by atoms with van der Waals surface area (Å²) in [6.45, 7) is 0. The van der Waals surface area contributed by atoms with E-state index in [0.29, 0.717) is 17.5 Å². The lowest BCUT2D eigenvalue weighted by Crippen LogP contribution is -2.36. The summed E-state index contributed by atoms with van der Waals surface area (Å²) in [5.74, 6) is 1.87. The molecule has 1 aliphatic heterocycles. The molecule has 0 atom stereocenters. The average molecular weight is 867 g/mol. The summed E-state index contributed by atoms with van der Waals surface area (Å²) in [5.41, 5.74) is 20.2. The number of aromatic nitrogens is 3. The molecule has 2 heterocycles. The van der Waals surface area contributed by atoms with Crippen molar-refractivity contribution in [3.05, 3.63) is 277 Å². The molecular weight excluding hydrogens is 825 g/mol. The summed E-state index contributed by atoms with van der Waals surface area (Å²) >= 11 is 0. The van der Waals surface area contributed by atoms with Gasteiger partial charge in [-0.2, -0.15) is 0 Å². The van der Waals surface area contributed by atoms with Crippen LogP contribution in [0.15, 0.2) is 255 Å². The van der Waals surface area contributed by atoms with E-state index in [1.54, 1.807) is 0 Å². The Balaban J connectivity index is 0.934. The van der Waals surface area contributed by atoms with E-state index in [9.17, 15) is 0 Å². The van der Waals surface area contributed by atoms with E-state index < -0.39 is 5.41 Å². The number of fused-ring (bicyclic) bond motifs is 9. The summed E-state index contributed by atoms with van der Waals surface area (Å²) in [6.07, 6.45) is 0. The van der Waals surface area contributed by atoms with Gasteiger partial charge in [0.1, 0.15) is 0 Å². The molecule has 1 aromatic heterocycles. The van der Waals surface area contributed by atoms with Crippen LogP contribution in [0.4, 0.5) is 17.1 Å². The SMILES string of the molecule is c1ccc(-c2ccc(-c3ccc(-c4nc(-c5ccccc5)nc(-c5cccc(-c6ccc7c(c6)C6(c8ccccc8-c8ccccc86)c6ccccc6N7c6ccccc6)c5)n4)cc3)cc2)cc1. The van der Waals surface area contributed by atoms with Crippen molar-refractivity contribution < 1.29 is 0 Å². The number of para-hydroxylation sites is 2. The smallest absolute Gasteiger partial charge is 0.164 e. The van der Waals surface area contributed by atoms with E-state index in [2.05, 4.69) is 235 Å². The molecule has 0 saturated heterocycles. The molecule has 0 amide bonds. The first-order valence-electron chi connectivity index (χ1n) is 23.2. The van der Waals surface area contributed by atoms with Gasteiger partial charge in [-0.15, -0.1) is 0 Å². The van der Waals surface area contributed by atoms with Gasteiger partial charge in [-0.25, -0.2) is 15.0 Å². The highest BCUT2D eigenvalue weighted by Crippen LogP contribution is 2.63. The summed E-state index contributed by atoms with van der Waals surface area (Å²) < 4.78 is 0. The van der Waals surface area contributed by atoms with Gasteiger partial charge < -0.3 is 4.90 Å². The Bertz CT molecular complexity index is 3620. The summed E-state index contributed by atoms with van der Waals surface area (Å²) in [7, 11) is 0. The third-order valence-electron chi connectivity index (χ3n) is 13.7. The Hall–Kier alpha value is -8.99. The molecule has 0 radical (unpaired) electrons. The predicted octanol–water partition coefficient (Wildman–Crippen LogP) is 16.0. The highest BCUT2D eigenvalue weighted by Gasteiger charge is 2.51. The maximum atomic E-state index is 5.20. The van der Waals surface area contributed by atoms with E-state index in [4.69, 9.17) is 15.0 Å². The van der Waals surface area contributed by atoms with Gasteiger partial charge >= 0.3 is 0 Å². The minimum atomic E-state index is -0.549. The van der Waals surface area contributed by atoms with Crippen LogP contribution in [0, 0.1) is 0 Å². The first kappa shape index (κ1) is 39.4. The second kappa shape index (κ2) is 16.2. The van der Waals surface area contributed by atoms with Crippen LogP contribution in [-0.4, -0.2) is 15.0 Å². The quantitative estimate of drug-likeness (QED) is 0.160. The van der Waals surface area contributed by atoms with Crippen LogP contribution < -0.4 is 4.90 Å². The number of rotatable bonds is 7. The van der Waals surface area contributed by atoms with E-state index in [0.717, 1.165) is 50.3 Å². The highest BCUT2D eigenvalue weighted by atomic mass is 15.2. The molecular formula is C64H42N4. The lowest BCUT2D eigenvalue weighted by atomic mass is 9.64. The van der Waals surface area contributed by atoms with Gasteiger partial charge in [0.2, 0.25) is 0 Å². The topological polar surface area (TPSA) is 41.9 Å². The van der Waals surface area contributed by atoms with Gasteiger partial charge in [0, 0.05) is 22.4 Å². The van der Waals surface area contributed by atoms with Crippen LogP contribution in [0.25, 0.3) is 78.7 Å². The molecule has 4 nitrogen and oxygen atoms in total. The standard InChI is InChI=1S/C64H42N4/c1-4-17-43(18-5-1)44-31-33-45(34-32-44)46-35-37-48(38-36-46)62-65-61(47-19-6-2-7-20-47)66-63(67-62)51-22-16-21-49(41-51)50-39-40-60-58(42-50)64(55-27-12-10-25-53(55)54-26-11-13-28-56(54)64)57-29-14-15-30-59(57)68(60)52-23-8-3-9-24-52/h1-42H. The number of hydrogen-bond donors (Lipinski definition) is 0. The zero-order valence-corrected chi connectivity index (χ0v) is 37.0. The molecule has 0 fully saturated rings. The molecule has 0 saturated carbocycles. The monoisotopic (exact) mass is 866 g/mol. The summed E-state index contributed by atoms with van der Waals surface area (Å²) in [4.78, 5) is 17.9. The number of nitrogens with zero attached hydrogens (tertiary/aromatic N) is 4. The zero-order chi connectivity index (χ0) is 45.0. The van der Waals surface area contributed by atoms with Gasteiger partial charge in [-0.3, -0.25) is 0 Å². The molecule has 1 spiro atoms. The molecule has 11 aromatic rings. The minimum absolute atomic E-state index is 0.549. The third-order valence-corrected chi connectivity index (χ3v) is 13.7. The highest BCUT2D eigenvalue weighted by molar-refractivity contribution is 5.96. The number of benzene rings is 10. The summed E-state index contributed by atoms with van der Waals surface area (Å²) in [6, 6.07) is 91.3. The lowest BCUT2D eigenvalue weighted by Gasteiger charge is -2.45. The third kappa shape index (κ3) is 6.41. The van der Waals surface area contributed by atoms with Crippen LogP contribution in [-0.2, 0) is 5.41 Å². The van der Waals surface area contributed by atoms with Crippen LogP contribution in [0.2, 0.25) is 0 Å². The Kier molecular flexibility index (Phi) is 9.36. The van der Waals surface area contributed by atoms with E-state index in [-0.39, 0.29) is 0 Å².